The van der Waals surface area contributed by atoms with E-state index in [9.17, 15) is 0 Å². The minimum atomic E-state index is -4.89. The molecule has 5 N–H and O–H groups in total. The zero-order chi connectivity index (χ0) is 10.5. The predicted molar refractivity (Wildman–Crippen MR) is 46.0 cm³/mol. The first-order valence-electron chi connectivity index (χ1n) is 3.13. The van der Waals surface area contributed by atoms with Crippen LogP contribution in [0.15, 0.2) is 24.3 Å². The SMILES string of the molecule is O=P([O-])(O)O.[NH3+]c1ccc(Cl)cc1. The Kier molecular flexibility index (Phi) is 5.17. The Hall–Kier alpha value is -0.420. The smallest absolute Gasteiger partial charge is 0.262 e. The molecule has 0 aliphatic heterocycles. The van der Waals surface area contributed by atoms with Gasteiger partial charge in [-0.25, -0.2) is 0 Å². The maximum atomic E-state index is 8.77. The van der Waals surface area contributed by atoms with Crippen molar-refractivity contribution in [2.24, 2.45) is 0 Å². The summed E-state index contributed by atoms with van der Waals surface area (Å²) in [5.41, 5.74) is 4.70. The molecule has 5 nitrogen and oxygen atoms in total. The van der Waals surface area contributed by atoms with E-state index in [2.05, 4.69) is 5.73 Å². The highest BCUT2D eigenvalue weighted by Gasteiger charge is 1.85. The van der Waals surface area contributed by atoms with Crippen molar-refractivity contribution >= 4 is 25.1 Å². The normalized spacial score (nSPS) is 10.2. The first-order chi connectivity index (χ1) is 5.79. The van der Waals surface area contributed by atoms with Crippen molar-refractivity contribution in [1.82, 2.24) is 0 Å². The Bertz CT molecular complexity index is 267. The van der Waals surface area contributed by atoms with E-state index in [0.717, 1.165) is 10.7 Å². The topological polar surface area (TPSA) is 108 Å². The predicted octanol–water partition coefficient (Wildman–Crippen LogP) is -0.347. The Balaban J connectivity index is 0.000000252. The summed E-state index contributed by atoms with van der Waals surface area (Å²) in [6, 6.07) is 7.40. The summed E-state index contributed by atoms with van der Waals surface area (Å²) in [4.78, 5) is 22.9. The van der Waals surface area contributed by atoms with Gasteiger partial charge in [0.2, 0.25) is 0 Å². The van der Waals surface area contributed by atoms with Crippen molar-refractivity contribution < 1.29 is 25.0 Å². The van der Waals surface area contributed by atoms with Crippen molar-refractivity contribution in [3.8, 4) is 0 Å². The number of rotatable bonds is 0. The van der Waals surface area contributed by atoms with E-state index in [-0.39, 0.29) is 0 Å². The first kappa shape index (κ1) is 12.6. The summed E-state index contributed by atoms with van der Waals surface area (Å²) in [7, 11) is -4.89. The number of phosphoric acid groups is 1. The van der Waals surface area contributed by atoms with Crippen LogP contribution in [0.4, 0.5) is 5.69 Å². The summed E-state index contributed by atoms with van der Waals surface area (Å²) in [5.74, 6) is 0. The van der Waals surface area contributed by atoms with Crippen molar-refractivity contribution in [3.63, 3.8) is 0 Å². The van der Waals surface area contributed by atoms with Gasteiger partial charge in [-0.3, -0.25) is 4.57 Å². The minimum absolute atomic E-state index is 0.761. The molecule has 0 fully saturated rings. The Morgan fingerprint density at radius 3 is 1.85 bits per heavy atom. The van der Waals surface area contributed by atoms with E-state index >= 15 is 0 Å². The van der Waals surface area contributed by atoms with Gasteiger partial charge in [-0.15, -0.1) is 0 Å². The molecule has 0 spiro atoms. The lowest BCUT2D eigenvalue weighted by Crippen LogP contribution is -2.39. The highest BCUT2D eigenvalue weighted by atomic mass is 35.5. The number of halogens is 1. The molecule has 1 aromatic carbocycles. The Morgan fingerprint density at radius 1 is 1.31 bits per heavy atom. The van der Waals surface area contributed by atoms with Gasteiger partial charge in [0.25, 0.3) is 7.82 Å². The molecule has 13 heavy (non-hydrogen) atoms. The van der Waals surface area contributed by atoms with E-state index in [1.165, 1.54) is 0 Å². The van der Waals surface area contributed by atoms with Crippen LogP contribution in [-0.4, -0.2) is 9.79 Å². The van der Waals surface area contributed by atoms with Gasteiger partial charge in [0.15, 0.2) is 0 Å². The van der Waals surface area contributed by atoms with E-state index in [4.69, 9.17) is 30.8 Å². The first-order valence-corrected chi connectivity index (χ1v) is 5.04. The molecule has 0 radical (unpaired) electrons. The molecule has 74 valence electrons. The van der Waals surface area contributed by atoms with Gasteiger partial charge in [0, 0.05) is 17.2 Å². The largest absolute Gasteiger partial charge is 0.756 e. The summed E-state index contributed by atoms with van der Waals surface area (Å²) >= 11 is 5.58. The fourth-order valence-electron chi connectivity index (χ4n) is 0.484. The maximum absolute atomic E-state index is 8.77. The van der Waals surface area contributed by atoms with Crippen LogP contribution >= 0.6 is 19.4 Å². The second-order valence-corrected chi connectivity index (χ2v) is 3.53. The molecule has 0 unspecified atom stereocenters. The Labute approximate surface area is 80.0 Å². The van der Waals surface area contributed by atoms with Gasteiger partial charge < -0.3 is 20.4 Å². The van der Waals surface area contributed by atoms with Crippen LogP contribution in [-0.2, 0) is 4.57 Å². The number of hydrogen-bond donors (Lipinski definition) is 3. The summed E-state index contributed by atoms with van der Waals surface area (Å²) in [6.45, 7) is 0. The lowest BCUT2D eigenvalue weighted by molar-refractivity contribution is -0.254. The molecule has 0 bridgehead atoms. The second kappa shape index (κ2) is 5.34. The van der Waals surface area contributed by atoms with Crippen LogP contribution in [0.1, 0.15) is 0 Å². The van der Waals surface area contributed by atoms with Crippen LogP contribution in [0.2, 0.25) is 5.02 Å². The van der Waals surface area contributed by atoms with Crippen LogP contribution in [0, 0.1) is 0 Å². The molecule has 0 heterocycles. The summed E-state index contributed by atoms with van der Waals surface area (Å²) < 4.78 is 8.77. The van der Waals surface area contributed by atoms with Gasteiger partial charge in [0.05, 0.1) is 0 Å². The molecule has 0 saturated carbocycles. The van der Waals surface area contributed by atoms with Gasteiger partial charge in [-0.1, -0.05) is 11.6 Å². The molecule has 0 aliphatic rings. The molecular formula is C6H9ClNO4P. The quantitative estimate of drug-likeness (QED) is 0.525. The molecule has 1 rings (SSSR count). The maximum Gasteiger partial charge on any atom is 0.262 e. The lowest BCUT2D eigenvalue weighted by Gasteiger charge is -2.01. The van der Waals surface area contributed by atoms with Gasteiger partial charge in [0.1, 0.15) is 5.69 Å². The van der Waals surface area contributed by atoms with Crippen molar-refractivity contribution in [1.29, 1.82) is 0 Å². The summed E-state index contributed by atoms with van der Waals surface area (Å²) in [5, 5.41) is 0.761. The highest BCUT2D eigenvalue weighted by molar-refractivity contribution is 7.43. The third-order valence-electron chi connectivity index (χ3n) is 0.913. The number of quaternary nitrogens is 1. The number of hydrogen-bond acceptors (Lipinski definition) is 2. The molecule has 0 atom stereocenters. The van der Waals surface area contributed by atoms with Crippen LogP contribution < -0.4 is 10.6 Å². The molecule has 1 aromatic rings. The molecule has 7 heteroatoms. The second-order valence-electron chi connectivity index (χ2n) is 2.12. The van der Waals surface area contributed by atoms with E-state index in [1.54, 1.807) is 0 Å². The zero-order valence-corrected chi connectivity index (χ0v) is 8.20. The summed E-state index contributed by atoms with van der Waals surface area (Å²) in [6.07, 6.45) is 0. The van der Waals surface area contributed by atoms with Crippen LogP contribution in [0.5, 0.6) is 0 Å². The van der Waals surface area contributed by atoms with Gasteiger partial charge in [-0.2, -0.15) is 0 Å². The standard InChI is InChI=1S/C6H6ClN.H3O4P/c7-5-1-3-6(8)4-2-5;1-5(2,3)4/h1-4H,8H2;(H3,1,2,3,4). The monoisotopic (exact) mass is 225 g/mol. The average molecular weight is 226 g/mol. The molecular weight excluding hydrogens is 216 g/mol. The molecule has 0 aromatic heterocycles. The number of benzene rings is 1. The average Bonchev–Trinajstić information content (AvgIpc) is 1.92. The third-order valence-corrected chi connectivity index (χ3v) is 1.17. The van der Waals surface area contributed by atoms with Crippen molar-refractivity contribution in [2.75, 3.05) is 0 Å². The fourth-order valence-corrected chi connectivity index (χ4v) is 0.610. The van der Waals surface area contributed by atoms with E-state index < -0.39 is 7.82 Å². The zero-order valence-electron chi connectivity index (χ0n) is 6.55. The van der Waals surface area contributed by atoms with Crippen LogP contribution in [0.25, 0.3) is 0 Å². The van der Waals surface area contributed by atoms with Crippen LogP contribution in [0.3, 0.4) is 0 Å². The molecule has 0 aliphatic carbocycles. The molecule has 0 saturated heterocycles. The third kappa shape index (κ3) is 11.6. The van der Waals surface area contributed by atoms with Crippen molar-refractivity contribution in [2.45, 2.75) is 0 Å². The fraction of sp³-hybridized carbons (Fsp3) is 0. The van der Waals surface area contributed by atoms with Gasteiger partial charge >= 0.3 is 0 Å². The van der Waals surface area contributed by atoms with Gasteiger partial charge in [-0.05, 0) is 12.1 Å². The Morgan fingerprint density at radius 2 is 1.62 bits per heavy atom. The van der Waals surface area contributed by atoms with E-state index in [0.29, 0.717) is 0 Å². The molecule has 0 amide bonds. The highest BCUT2D eigenvalue weighted by Crippen LogP contribution is 2.18. The minimum Gasteiger partial charge on any atom is -0.756 e. The van der Waals surface area contributed by atoms with E-state index in [1.807, 2.05) is 24.3 Å². The van der Waals surface area contributed by atoms with Crippen molar-refractivity contribution in [3.05, 3.63) is 29.3 Å². The lowest BCUT2D eigenvalue weighted by atomic mass is 10.3.